The van der Waals surface area contributed by atoms with Crippen molar-refractivity contribution in [3.63, 3.8) is 0 Å². The summed E-state index contributed by atoms with van der Waals surface area (Å²) in [4.78, 5) is 35.4. The number of hydrogen-bond acceptors (Lipinski definition) is 6. The van der Waals surface area contributed by atoms with Crippen molar-refractivity contribution in [2.45, 2.75) is 51.4 Å². The molecule has 0 aromatic carbocycles. The Balaban J connectivity index is 1.54. The fourth-order valence-electron chi connectivity index (χ4n) is 3.93. The van der Waals surface area contributed by atoms with Crippen molar-refractivity contribution in [2.75, 3.05) is 19.0 Å². The highest BCUT2D eigenvalue weighted by Gasteiger charge is 2.34. The minimum Gasteiger partial charge on any atom is -0.352 e. The van der Waals surface area contributed by atoms with Gasteiger partial charge in [0, 0.05) is 23.8 Å². The Morgan fingerprint density at radius 2 is 2.03 bits per heavy atom. The first-order chi connectivity index (χ1) is 14.6. The Morgan fingerprint density at radius 1 is 1.23 bits per heavy atom. The number of carbonyl (C=O) groups excluding carboxylic acids is 2. The Hall–Kier alpha value is -2.44. The Morgan fingerprint density at radius 3 is 2.70 bits per heavy atom. The Labute approximate surface area is 180 Å². The van der Waals surface area contributed by atoms with Gasteiger partial charge in [-0.1, -0.05) is 0 Å². The number of aryl methyl sites for hydroxylation is 1. The van der Waals surface area contributed by atoms with E-state index in [1.54, 1.807) is 6.19 Å². The van der Waals surface area contributed by atoms with E-state index in [4.69, 9.17) is 10.1 Å². The van der Waals surface area contributed by atoms with Crippen LogP contribution in [0, 0.1) is 29.2 Å². The summed E-state index contributed by atoms with van der Waals surface area (Å²) >= 11 is 1.54. The van der Waals surface area contributed by atoms with Gasteiger partial charge in [-0.25, -0.2) is 0 Å². The van der Waals surface area contributed by atoms with Crippen molar-refractivity contribution in [2.24, 2.45) is 22.7 Å². The zero-order chi connectivity index (χ0) is 21.1. The summed E-state index contributed by atoms with van der Waals surface area (Å²) in [5.41, 5.74) is 4.34. The normalized spacial score (nSPS) is 20.8. The third-order valence-electron chi connectivity index (χ3n) is 5.91. The fraction of sp³-hybridized carbons (Fsp3) is 0.619. The van der Waals surface area contributed by atoms with Crippen LogP contribution < -0.4 is 16.1 Å². The van der Waals surface area contributed by atoms with Gasteiger partial charge in [0.2, 0.25) is 12.1 Å². The summed E-state index contributed by atoms with van der Waals surface area (Å²) in [5.74, 6) is 1.34. The van der Waals surface area contributed by atoms with Crippen LogP contribution in [-0.4, -0.2) is 31.3 Å². The SMILES string of the molecule is CONC(CC1CCc2sc(NC(=O)C3CC3)c(C(=O)NCC3CC3)c2C1)=NC#N. The molecule has 8 nitrogen and oxygen atoms in total. The van der Waals surface area contributed by atoms with Gasteiger partial charge in [-0.05, 0) is 62.3 Å². The predicted molar refractivity (Wildman–Crippen MR) is 114 cm³/mol. The lowest BCUT2D eigenvalue weighted by atomic mass is 9.84. The summed E-state index contributed by atoms with van der Waals surface area (Å²) < 4.78 is 0. The molecule has 1 atom stereocenters. The predicted octanol–water partition coefficient (Wildman–Crippen LogP) is 2.76. The smallest absolute Gasteiger partial charge is 0.254 e. The number of nitrogens with zero attached hydrogens (tertiary/aromatic N) is 2. The van der Waals surface area contributed by atoms with Crippen LogP contribution in [0.4, 0.5) is 5.00 Å². The lowest BCUT2D eigenvalue weighted by molar-refractivity contribution is -0.117. The molecule has 2 fully saturated rings. The molecule has 1 unspecified atom stereocenters. The number of thiophene rings is 1. The van der Waals surface area contributed by atoms with Gasteiger partial charge < -0.3 is 10.6 Å². The summed E-state index contributed by atoms with van der Waals surface area (Å²) in [6.45, 7) is 0.694. The van der Waals surface area contributed by atoms with E-state index in [0.29, 0.717) is 41.7 Å². The molecule has 4 rings (SSSR count). The molecular weight excluding hydrogens is 402 g/mol. The number of nitrogens with one attached hydrogen (secondary N) is 3. The van der Waals surface area contributed by atoms with E-state index >= 15 is 0 Å². The van der Waals surface area contributed by atoms with Crippen LogP contribution in [-0.2, 0) is 22.5 Å². The van der Waals surface area contributed by atoms with E-state index < -0.39 is 0 Å². The van der Waals surface area contributed by atoms with Crippen LogP contribution in [0.5, 0.6) is 0 Å². The first kappa shape index (κ1) is 20.8. The summed E-state index contributed by atoms with van der Waals surface area (Å²) in [5, 5.41) is 15.7. The van der Waals surface area contributed by atoms with Gasteiger partial charge in [-0.2, -0.15) is 10.3 Å². The zero-order valence-electron chi connectivity index (χ0n) is 17.1. The van der Waals surface area contributed by atoms with Gasteiger partial charge in [0.05, 0.1) is 12.7 Å². The molecule has 1 aromatic heterocycles. The van der Waals surface area contributed by atoms with Crippen molar-refractivity contribution in [1.82, 2.24) is 10.8 Å². The maximum Gasteiger partial charge on any atom is 0.254 e. The number of fused-ring (bicyclic) bond motifs is 1. The van der Waals surface area contributed by atoms with E-state index in [2.05, 4.69) is 21.1 Å². The highest BCUT2D eigenvalue weighted by atomic mass is 32.1. The second kappa shape index (κ2) is 9.14. The highest BCUT2D eigenvalue weighted by molar-refractivity contribution is 7.17. The van der Waals surface area contributed by atoms with Gasteiger partial charge in [-0.15, -0.1) is 11.3 Å². The summed E-state index contributed by atoms with van der Waals surface area (Å²) in [7, 11) is 1.49. The average molecular weight is 430 g/mol. The number of carbonyl (C=O) groups is 2. The number of hydroxylamine groups is 1. The monoisotopic (exact) mass is 429 g/mol. The molecular formula is C21H27N5O3S. The second-order valence-electron chi connectivity index (χ2n) is 8.40. The molecule has 2 saturated carbocycles. The molecule has 160 valence electrons. The third-order valence-corrected chi connectivity index (χ3v) is 7.12. The molecule has 1 aromatic rings. The van der Waals surface area contributed by atoms with Gasteiger partial charge >= 0.3 is 0 Å². The lowest BCUT2D eigenvalue weighted by Gasteiger charge is -2.23. The van der Waals surface area contributed by atoms with Crippen LogP contribution in [0.2, 0.25) is 0 Å². The maximum absolute atomic E-state index is 13.1. The standard InChI is InChI=1S/C21H27N5O3S/c1-29-26-17(24-11-22)9-13-4-7-16-15(8-13)18(20(28)23-10-12-2-3-12)21(30-16)25-19(27)14-5-6-14/h12-14H,2-10H2,1H3,(H,23,28)(H,24,26)(H,25,27). The van der Waals surface area contributed by atoms with Crippen molar-refractivity contribution in [3.05, 3.63) is 16.0 Å². The van der Waals surface area contributed by atoms with Crippen molar-refractivity contribution in [1.29, 1.82) is 5.26 Å². The molecule has 3 aliphatic rings. The van der Waals surface area contributed by atoms with E-state index in [1.165, 1.54) is 36.2 Å². The average Bonchev–Trinajstić information content (AvgIpc) is 3.63. The van der Waals surface area contributed by atoms with Crippen LogP contribution >= 0.6 is 11.3 Å². The topological polar surface area (TPSA) is 116 Å². The fourth-order valence-corrected chi connectivity index (χ4v) is 5.17. The Bertz CT molecular complexity index is 895. The van der Waals surface area contributed by atoms with Crippen LogP contribution in [0.25, 0.3) is 0 Å². The number of nitriles is 1. The van der Waals surface area contributed by atoms with Crippen molar-refractivity contribution < 1.29 is 14.4 Å². The van der Waals surface area contributed by atoms with Gasteiger partial charge in [0.15, 0.2) is 0 Å². The molecule has 0 saturated heterocycles. The molecule has 9 heteroatoms. The first-order valence-electron chi connectivity index (χ1n) is 10.6. The van der Waals surface area contributed by atoms with Gasteiger partial charge in [-0.3, -0.25) is 19.9 Å². The van der Waals surface area contributed by atoms with E-state index in [0.717, 1.165) is 31.2 Å². The number of hydrogen-bond donors (Lipinski definition) is 3. The number of aliphatic imine (C=N–C) groups is 1. The molecule has 0 spiro atoms. The lowest BCUT2D eigenvalue weighted by Crippen LogP contribution is -2.29. The number of amides is 2. The van der Waals surface area contributed by atoms with Gasteiger partial charge in [0.1, 0.15) is 10.8 Å². The molecule has 0 aliphatic heterocycles. The van der Waals surface area contributed by atoms with Crippen LogP contribution in [0.1, 0.15) is 59.3 Å². The number of anilines is 1. The molecule has 0 radical (unpaired) electrons. The van der Waals surface area contributed by atoms with E-state index in [9.17, 15) is 9.59 Å². The first-order valence-corrected chi connectivity index (χ1v) is 11.4. The maximum atomic E-state index is 13.1. The zero-order valence-corrected chi connectivity index (χ0v) is 17.9. The van der Waals surface area contributed by atoms with Crippen molar-refractivity contribution >= 4 is 34.0 Å². The minimum absolute atomic E-state index is 0.0223. The quantitative estimate of drug-likeness (QED) is 0.254. The van der Waals surface area contributed by atoms with Crippen LogP contribution in [0.15, 0.2) is 4.99 Å². The van der Waals surface area contributed by atoms with Gasteiger partial charge in [0.25, 0.3) is 5.91 Å². The molecule has 30 heavy (non-hydrogen) atoms. The molecule has 0 bridgehead atoms. The molecule has 1 heterocycles. The third kappa shape index (κ3) is 4.99. The Kier molecular flexibility index (Phi) is 6.35. The van der Waals surface area contributed by atoms with Crippen LogP contribution in [0.3, 0.4) is 0 Å². The molecule has 2 amide bonds. The molecule has 3 N–H and O–H groups in total. The highest BCUT2D eigenvalue weighted by Crippen LogP contribution is 2.42. The number of rotatable bonds is 8. The summed E-state index contributed by atoms with van der Waals surface area (Å²) in [6.07, 6.45) is 9.06. The molecule has 3 aliphatic carbocycles. The summed E-state index contributed by atoms with van der Waals surface area (Å²) in [6, 6.07) is 0. The second-order valence-corrected chi connectivity index (χ2v) is 9.51. The largest absolute Gasteiger partial charge is 0.352 e. The minimum atomic E-state index is -0.0907. The van der Waals surface area contributed by atoms with E-state index in [1.807, 2.05) is 0 Å². The van der Waals surface area contributed by atoms with Crippen molar-refractivity contribution in [3.8, 4) is 6.19 Å². The van der Waals surface area contributed by atoms with E-state index in [-0.39, 0.29) is 23.7 Å². The number of amidine groups is 1.